The molecule has 0 spiro atoms. The van der Waals surface area contributed by atoms with E-state index in [9.17, 15) is 8.42 Å². The standard InChI is InChI=1S/C10H20N6O3S/c1-7(2)19-10-15-8(11-3)14-9(16-10)13-5-6-20(17,18)12-4/h7,12H,5-6H2,1-4H3,(H2,11,13,14,15,16). The molecule has 0 radical (unpaired) electrons. The molecule has 10 heteroatoms. The average Bonchev–Trinajstić information content (AvgIpc) is 2.37. The van der Waals surface area contributed by atoms with Gasteiger partial charge in [-0.3, -0.25) is 0 Å². The van der Waals surface area contributed by atoms with Crippen LogP contribution in [0.5, 0.6) is 6.01 Å². The van der Waals surface area contributed by atoms with Crippen molar-refractivity contribution in [2.75, 3.05) is 37.0 Å². The Morgan fingerprint density at radius 3 is 2.35 bits per heavy atom. The van der Waals surface area contributed by atoms with E-state index in [2.05, 4.69) is 30.3 Å². The number of ether oxygens (including phenoxy) is 1. The molecule has 0 aliphatic carbocycles. The van der Waals surface area contributed by atoms with Gasteiger partial charge in [0.2, 0.25) is 21.9 Å². The third-order valence-corrected chi connectivity index (χ3v) is 3.51. The van der Waals surface area contributed by atoms with Crippen LogP contribution in [0.3, 0.4) is 0 Å². The van der Waals surface area contributed by atoms with Gasteiger partial charge in [0.1, 0.15) is 0 Å². The highest BCUT2D eigenvalue weighted by Gasteiger charge is 2.10. The minimum Gasteiger partial charge on any atom is -0.461 e. The molecule has 114 valence electrons. The molecule has 0 aliphatic heterocycles. The maximum atomic E-state index is 11.3. The molecule has 0 saturated carbocycles. The third kappa shape index (κ3) is 5.53. The zero-order chi connectivity index (χ0) is 15.2. The van der Waals surface area contributed by atoms with Crippen molar-refractivity contribution in [3.05, 3.63) is 0 Å². The Morgan fingerprint density at radius 2 is 1.80 bits per heavy atom. The molecule has 0 atom stereocenters. The second-order valence-electron chi connectivity index (χ2n) is 4.13. The lowest BCUT2D eigenvalue weighted by molar-refractivity contribution is 0.222. The molecule has 1 heterocycles. The smallest absolute Gasteiger partial charge is 0.323 e. The lowest BCUT2D eigenvalue weighted by Crippen LogP contribution is -2.26. The monoisotopic (exact) mass is 304 g/mol. The van der Waals surface area contributed by atoms with Crippen LogP contribution in [0.1, 0.15) is 13.8 Å². The van der Waals surface area contributed by atoms with Crippen molar-refractivity contribution >= 4 is 21.9 Å². The topological polar surface area (TPSA) is 118 Å². The van der Waals surface area contributed by atoms with E-state index in [-0.39, 0.29) is 30.4 Å². The Labute approximate surface area is 118 Å². The van der Waals surface area contributed by atoms with Crippen LogP contribution in [0, 0.1) is 0 Å². The van der Waals surface area contributed by atoms with Crippen LogP contribution in [-0.2, 0) is 10.0 Å². The van der Waals surface area contributed by atoms with E-state index in [1.165, 1.54) is 7.05 Å². The fourth-order valence-corrected chi connectivity index (χ4v) is 1.79. The van der Waals surface area contributed by atoms with Crippen molar-refractivity contribution in [3.63, 3.8) is 0 Å². The Morgan fingerprint density at radius 1 is 1.15 bits per heavy atom. The van der Waals surface area contributed by atoms with Crippen LogP contribution < -0.4 is 20.1 Å². The molecular weight excluding hydrogens is 284 g/mol. The van der Waals surface area contributed by atoms with Gasteiger partial charge in [-0.25, -0.2) is 13.1 Å². The summed E-state index contributed by atoms with van der Waals surface area (Å²) in [5, 5.41) is 5.61. The predicted octanol–water partition coefficient (Wildman–Crippen LogP) is -0.338. The van der Waals surface area contributed by atoms with Crippen molar-refractivity contribution in [1.82, 2.24) is 19.7 Å². The molecule has 0 unspecified atom stereocenters. The Balaban J connectivity index is 2.73. The van der Waals surface area contributed by atoms with Crippen LogP contribution in [-0.4, -0.2) is 55.9 Å². The molecule has 3 N–H and O–H groups in total. The summed E-state index contributed by atoms with van der Waals surface area (Å²) < 4.78 is 30.2. The summed E-state index contributed by atoms with van der Waals surface area (Å²) >= 11 is 0. The molecule has 0 saturated heterocycles. The van der Waals surface area contributed by atoms with Crippen LogP contribution in [0.2, 0.25) is 0 Å². The molecule has 0 aliphatic rings. The first-order valence-electron chi connectivity index (χ1n) is 6.12. The van der Waals surface area contributed by atoms with E-state index in [1.54, 1.807) is 7.05 Å². The van der Waals surface area contributed by atoms with Gasteiger partial charge in [-0.15, -0.1) is 0 Å². The van der Waals surface area contributed by atoms with Crippen LogP contribution in [0.15, 0.2) is 0 Å². The Bertz CT molecular complexity index is 534. The SMILES string of the molecule is CNc1nc(NCCS(=O)(=O)NC)nc(OC(C)C)n1. The van der Waals surface area contributed by atoms with Crippen molar-refractivity contribution in [1.29, 1.82) is 0 Å². The van der Waals surface area contributed by atoms with Crippen molar-refractivity contribution in [3.8, 4) is 6.01 Å². The predicted molar refractivity (Wildman–Crippen MR) is 76.5 cm³/mol. The van der Waals surface area contributed by atoms with Crippen LogP contribution in [0.4, 0.5) is 11.9 Å². The minimum absolute atomic E-state index is 0.0698. The molecule has 1 aromatic heterocycles. The number of anilines is 2. The van der Waals surface area contributed by atoms with E-state index in [0.29, 0.717) is 5.95 Å². The molecular formula is C10H20N6O3S. The van der Waals surface area contributed by atoms with E-state index in [1.807, 2.05) is 13.8 Å². The van der Waals surface area contributed by atoms with Crippen LogP contribution >= 0.6 is 0 Å². The van der Waals surface area contributed by atoms with Gasteiger partial charge in [-0.2, -0.15) is 15.0 Å². The molecule has 0 bridgehead atoms. The van der Waals surface area contributed by atoms with Gasteiger partial charge in [0.15, 0.2) is 0 Å². The summed E-state index contributed by atoms with van der Waals surface area (Å²) in [7, 11) is -0.228. The lowest BCUT2D eigenvalue weighted by Gasteiger charge is -2.11. The van der Waals surface area contributed by atoms with E-state index in [4.69, 9.17) is 4.74 Å². The normalized spacial score (nSPS) is 11.4. The summed E-state index contributed by atoms with van der Waals surface area (Å²) in [5.41, 5.74) is 0. The maximum Gasteiger partial charge on any atom is 0.323 e. The van der Waals surface area contributed by atoms with Gasteiger partial charge in [0.05, 0.1) is 11.9 Å². The van der Waals surface area contributed by atoms with Crippen LogP contribution in [0.25, 0.3) is 0 Å². The highest BCUT2D eigenvalue weighted by atomic mass is 32.2. The van der Waals surface area contributed by atoms with Gasteiger partial charge in [-0.1, -0.05) is 0 Å². The maximum absolute atomic E-state index is 11.3. The molecule has 20 heavy (non-hydrogen) atoms. The number of nitrogens with zero attached hydrogens (tertiary/aromatic N) is 3. The number of sulfonamides is 1. The minimum atomic E-state index is -3.27. The number of nitrogens with one attached hydrogen (secondary N) is 3. The van der Waals surface area contributed by atoms with E-state index < -0.39 is 10.0 Å². The molecule has 0 amide bonds. The first kappa shape index (κ1) is 16.4. The van der Waals surface area contributed by atoms with Gasteiger partial charge >= 0.3 is 6.01 Å². The van der Waals surface area contributed by atoms with Gasteiger partial charge in [-0.05, 0) is 20.9 Å². The number of hydrogen-bond donors (Lipinski definition) is 3. The first-order chi connectivity index (χ1) is 9.36. The summed E-state index contributed by atoms with van der Waals surface area (Å²) in [6.07, 6.45) is -0.0698. The van der Waals surface area contributed by atoms with E-state index >= 15 is 0 Å². The summed E-state index contributed by atoms with van der Waals surface area (Å²) in [6, 6.07) is 0.179. The highest BCUT2D eigenvalue weighted by molar-refractivity contribution is 7.89. The molecule has 0 fully saturated rings. The summed E-state index contributed by atoms with van der Waals surface area (Å²) in [4.78, 5) is 12.2. The molecule has 0 aromatic carbocycles. The third-order valence-electron chi connectivity index (χ3n) is 2.14. The Hall–Kier alpha value is -1.68. The summed E-state index contributed by atoms with van der Waals surface area (Å²) in [6.45, 7) is 3.89. The van der Waals surface area contributed by atoms with Gasteiger partial charge in [0, 0.05) is 13.6 Å². The largest absolute Gasteiger partial charge is 0.461 e. The van der Waals surface area contributed by atoms with Crippen molar-refractivity contribution in [2.24, 2.45) is 0 Å². The number of rotatable bonds is 8. The first-order valence-corrected chi connectivity index (χ1v) is 7.77. The average molecular weight is 304 g/mol. The molecule has 9 nitrogen and oxygen atoms in total. The number of aromatic nitrogens is 3. The van der Waals surface area contributed by atoms with E-state index in [0.717, 1.165) is 0 Å². The second-order valence-corrected chi connectivity index (χ2v) is 6.18. The van der Waals surface area contributed by atoms with Gasteiger partial charge < -0.3 is 15.4 Å². The Kier molecular flexibility index (Phi) is 5.89. The van der Waals surface area contributed by atoms with Gasteiger partial charge in [0.25, 0.3) is 0 Å². The highest BCUT2D eigenvalue weighted by Crippen LogP contribution is 2.11. The molecule has 1 rings (SSSR count). The molecule has 1 aromatic rings. The lowest BCUT2D eigenvalue weighted by atomic mass is 10.5. The zero-order valence-electron chi connectivity index (χ0n) is 12.0. The quantitative estimate of drug-likeness (QED) is 0.597. The van der Waals surface area contributed by atoms with Crippen molar-refractivity contribution < 1.29 is 13.2 Å². The van der Waals surface area contributed by atoms with Crippen molar-refractivity contribution in [2.45, 2.75) is 20.0 Å². The zero-order valence-corrected chi connectivity index (χ0v) is 12.8. The summed E-state index contributed by atoms with van der Waals surface area (Å²) in [5.74, 6) is 0.519. The fourth-order valence-electron chi connectivity index (χ4n) is 1.21. The fraction of sp³-hybridized carbons (Fsp3) is 0.700. The number of hydrogen-bond acceptors (Lipinski definition) is 8. The second kappa shape index (κ2) is 7.20.